The molecule has 0 saturated carbocycles. The molecule has 31 heavy (non-hydrogen) atoms. The van der Waals surface area contributed by atoms with Crippen molar-refractivity contribution in [2.75, 3.05) is 0 Å². The number of carbonyl (C=O) groups excluding carboxylic acids is 2. The van der Waals surface area contributed by atoms with E-state index in [9.17, 15) is 14.7 Å². The molecule has 1 aliphatic rings. The van der Waals surface area contributed by atoms with Gasteiger partial charge in [-0.25, -0.2) is 4.79 Å². The van der Waals surface area contributed by atoms with Gasteiger partial charge < -0.3 is 14.6 Å². The maximum Gasteiger partial charge on any atom is 0.333 e. The molecular weight excluding hydrogens is 392 g/mol. The quantitative estimate of drug-likeness (QED) is 0.275. The Labute approximate surface area is 186 Å². The maximum absolute atomic E-state index is 11.7. The predicted octanol–water partition coefficient (Wildman–Crippen LogP) is 5.95. The highest BCUT2D eigenvalue weighted by Crippen LogP contribution is 2.34. The molecule has 1 N–H and O–H groups in total. The van der Waals surface area contributed by atoms with Crippen molar-refractivity contribution < 1.29 is 24.2 Å². The van der Waals surface area contributed by atoms with Gasteiger partial charge in [0.2, 0.25) is 6.29 Å². The number of unbranched alkanes of at least 4 members (excludes halogenated alkanes) is 10. The van der Waals surface area contributed by atoms with Crippen LogP contribution in [0, 0.1) is 0 Å². The highest BCUT2D eigenvalue weighted by Gasteiger charge is 2.34. The highest BCUT2D eigenvalue weighted by molar-refractivity contribution is 5.86. The molecule has 5 nitrogen and oxygen atoms in total. The van der Waals surface area contributed by atoms with Crippen LogP contribution in [0.15, 0.2) is 35.9 Å². The number of esters is 2. The van der Waals surface area contributed by atoms with E-state index in [1.807, 2.05) is 24.3 Å². The largest absolute Gasteiger partial charge is 0.453 e. The molecule has 1 aromatic carbocycles. The lowest BCUT2D eigenvalue weighted by Crippen LogP contribution is -2.20. The van der Waals surface area contributed by atoms with Crippen LogP contribution in [-0.4, -0.2) is 23.3 Å². The van der Waals surface area contributed by atoms with E-state index in [4.69, 9.17) is 9.47 Å². The molecule has 0 aliphatic carbocycles. The standard InChI is InChI=1S/C26H38O5/c1-3-4-5-6-7-8-9-10-11-12-13-16-21-17-14-15-18-22(21)25(30-20(2)27)23-19-24(28)31-26(23)29/h14-15,17-19,25-26,29H,3-13,16H2,1-2H3. The lowest BCUT2D eigenvalue weighted by molar-refractivity contribution is -0.154. The Hall–Kier alpha value is -2.14. The van der Waals surface area contributed by atoms with Crippen LogP contribution in [0.4, 0.5) is 0 Å². The van der Waals surface area contributed by atoms with Crippen molar-refractivity contribution in [3.05, 3.63) is 47.0 Å². The number of hydrogen-bond acceptors (Lipinski definition) is 5. The molecular formula is C26H38O5. The fourth-order valence-corrected chi connectivity index (χ4v) is 4.10. The lowest BCUT2D eigenvalue weighted by atomic mass is 9.93. The number of hydrogen-bond donors (Lipinski definition) is 1. The van der Waals surface area contributed by atoms with E-state index >= 15 is 0 Å². The van der Waals surface area contributed by atoms with E-state index in [-0.39, 0.29) is 5.57 Å². The fourth-order valence-electron chi connectivity index (χ4n) is 4.10. The van der Waals surface area contributed by atoms with Crippen LogP contribution in [0.2, 0.25) is 0 Å². The van der Waals surface area contributed by atoms with Crippen LogP contribution in [0.5, 0.6) is 0 Å². The third kappa shape index (κ3) is 8.86. The molecule has 1 heterocycles. The van der Waals surface area contributed by atoms with Gasteiger partial charge >= 0.3 is 11.9 Å². The van der Waals surface area contributed by atoms with Crippen LogP contribution in [-0.2, 0) is 25.5 Å². The summed E-state index contributed by atoms with van der Waals surface area (Å²) < 4.78 is 10.3. The van der Waals surface area contributed by atoms with Gasteiger partial charge in [-0.3, -0.25) is 4.79 Å². The van der Waals surface area contributed by atoms with Gasteiger partial charge in [-0.2, -0.15) is 0 Å². The van der Waals surface area contributed by atoms with Gasteiger partial charge in [-0.05, 0) is 18.4 Å². The first kappa shape index (κ1) is 25.1. The molecule has 2 unspecified atom stereocenters. The summed E-state index contributed by atoms with van der Waals surface area (Å²) in [4.78, 5) is 23.2. The first-order valence-electron chi connectivity index (χ1n) is 11.9. The number of aryl methyl sites for hydroxylation is 1. The van der Waals surface area contributed by atoms with Gasteiger partial charge in [0.15, 0.2) is 6.10 Å². The average Bonchev–Trinajstić information content (AvgIpc) is 3.08. The van der Waals surface area contributed by atoms with Crippen LogP contribution in [0.25, 0.3) is 0 Å². The van der Waals surface area contributed by atoms with Gasteiger partial charge in [0.1, 0.15) is 0 Å². The average molecular weight is 431 g/mol. The second-order valence-corrected chi connectivity index (χ2v) is 8.41. The molecule has 0 aromatic heterocycles. The molecule has 0 saturated heterocycles. The van der Waals surface area contributed by atoms with Gasteiger partial charge in [0, 0.05) is 24.1 Å². The maximum atomic E-state index is 11.7. The molecule has 0 fully saturated rings. The summed E-state index contributed by atoms with van der Waals surface area (Å²) in [6.45, 7) is 3.57. The smallest absolute Gasteiger partial charge is 0.333 e. The molecule has 1 aliphatic heterocycles. The summed E-state index contributed by atoms with van der Waals surface area (Å²) in [5, 5.41) is 10.1. The Morgan fingerprint density at radius 3 is 2.13 bits per heavy atom. The Morgan fingerprint density at radius 1 is 1.00 bits per heavy atom. The summed E-state index contributed by atoms with van der Waals surface area (Å²) in [6, 6.07) is 7.74. The fraction of sp³-hybridized carbons (Fsp3) is 0.615. The van der Waals surface area contributed by atoms with Crippen molar-refractivity contribution in [2.45, 2.75) is 103 Å². The second kappa shape index (κ2) is 14.0. The Kier molecular flexibility index (Phi) is 11.4. The van der Waals surface area contributed by atoms with E-state index in [2.05, 4.69) is 6.92 Å². The number of carbonyl (C=O) groups is 2. The minimum Gasteiger partial charge on any atom is -0.453 e. The van der Waals surface area contributed by atoms with Crippen LogP contribution in [0.3, 0.4) is 0 Å². The molecule has 0 spiro atoms. The minimum absolute atomic E-state index is 0.270. The van der Waals surface area contributed by atoms with Gasteiger partial charge in [-0.1, -0.05) is 95.4 Å². The first-order chi connectivity index (χ1) is 15.0. The molecule has 172 valence electrons. The Morgan fingerprint density at radius 2 is 1.58 bits per heavy atom. The van der Waals surface area contributed by atoms with Gasteiger partial charge in [0.25, 0.3) is 0 Å². The van der Waals surface area contributed by atoms with Crippen molar-refractivity contribution in [3.63, 3.8) is 0 Å². The number of aliphatic hydroxyl groups excluding tert-OH is 1. The van der Waals surface area contributed by atoms with Crippen molar-refractivity contribution >= 4 is 11.9 Å². The van der Waals surface area contributed by atoms with E-state index in [1.54, 1.807) is 0 Å². The SMILES string of the molecule is CCCCCCCCCCCCCc1ccccc1C(OC(C)=O)C1=CC(=O)OC1O. The minimum atomic E-state index is -1.38. The van der Waals surface area contributed by atoms with Crippen LogP contribution < -0.4 is 0 Å². The zero-order valence-electron chi connectivity index (χ0n) is 19.1. The van der Waals surface area contributed by atoms with E-state index in [0.29, 0.717) is 0 Å². The van der Waals surface area contributed by atoms with E-state index in [0.717, 1.165) is 30.4 Å². The lowest BCUT2D eigenvalue weighted by Gasteiger charge is -2.22. The first-order valence-corrected chi connectivity index (χ1v) is 11.9. The third-order valence-corrected chi connectivity index (χ3v) is 5.77. The second-order valence-electron chi connectivity index (χ2n) is 8.41. The summed E-state index contributed by atoms with van der Waals surface area (Å²) >= 11 is 0. The summed E-state index contributed by atoms with van der Waals surface area (Å²) in [7, 11) is 0. The zero-order chi connectivity index (χ0) is 22.5. The number of rotatable bonds is 15. The summed E-state index contributed by atoms with van der Waals surface area (Å²) in [5.41, 5.74) is 2.14. The number of ether oxygens (including phenoxy) is 2. The van der Waals surface area contributed by atoms with E-state index in [1.165, 1.54) is 70.8 Å². The molecule has 2 rings (SSSR count). The number of aliphatic hydroxyl groups is 1. The molecule has 0 amide bonds. The monoisotopic (exact) mass is 430 g/mol. The summed E-state index contributed by atoms with van der Waals surface area (Å²) in [5.74, 6) is -1.09. The highest BCUT2D eigenvalue weighted by atomic mass is 16.6. The zero-order valence-corrected chi connectivity index (χ0v) is 19.1. The molecule has 0 radical (unpaired) electrons. The van der Waals surface area contributed by atoms with Crippen LogP contribution in [0.1, 0.15) is 102 Å². The molecule has 5 heteroatoms. The van der Waals surface area contributed by atoms with Crippen LogP contribution >= 0.6 is 0 Å². The van der Waals surface area contributed by atoms with Crippen molar-refractivity contribution in [1.82, 2.24) is 0 Å². The summed E-state index contributed by atoms with van der Waals surface area (Å²) in [6.07, 6.45) is 14.0. The third-order valence-electron chi connectivity index (χ3n) is 5.77. The van der Waals surface area contributed by atoms with E-state index < -0.39 is 24.3 Å². The molecule has 0 bridgehead atoms. The van der Waals surface area contributed by atoms with Gasteiger partial charge in [-0.15, -0.1) is 0 Å². The van der Waals surface area contributed by atoms with Crippen molar-refractivity contribution in [1.29, 1.82) is 0 Å². The topological polar surface area (TPSA) is 72.8 Å². The van der Waals surface area contributed by atoms with Gasteiger partial charge in [0.05, 0.1) is 0 Å². The Bertz CT molecular complexity index is 724. The van der Waals surface area contributed by atoms with Crippen molar-refractivity contribution in [3.8, 4) is 0 Å². The predicted molar refractivity (Wildman–Crippen MR) is 121 cm³/mol. The van der Waals surface area contributed by atoms with Crippen molar-refractivity contribution in [2.24, 2.45) is 0 Å². The molecule has 1 aromatic rings. The molecule has 2 atom stereocenters. The normalized spacial score (nSPS) is 16.7. The number of cyclic esters (lactones) is 1. The number of benzene rings is 1. The Balaban J connectivity index is 1.83.